The Morgan fingerprint density at radius 3 is 2.31 bits per heavy atom. The first kappa shape index (κ1) is 28.1. The zero-order chi connectivity index (χ0) is 27.6. The summed E-state index contributed by atoms with van der Waals surface area (Å²) in [6.45, 7) is 2.31. The standard InChI is InChI=1S/C31H28ClNO5S/c1-2-37-28-14-8-22(17-30(34)35)16-29(28)38-27-15-13-26(33-31(36)23-9-11-25(32)12-10-23)18-24(27)20-39-19-21-6-4-3-5-7-21/h3-16,18H,2,17,19-20H2,1H3,(H,33,36)(H,34,35). The van der Waals surface area contributed by atoms with Crippen molar-refractivity contribution in [2.45, 2.75) is 24.9 Å². The summed E-state index contributed by atoms with van der Waals surface area (Å²) in [5.41, 5.74) is 3.81. The fourth-order valence-electron chi connectivity index (χ4n) is 3.84. The van der Waals surface area contributed by atoms with E-state index in [2.05, 4.69) is 17.4 Å². The van der Waals surface area contributed by atoms with Gasteiger partial charge in [-0.3, -0.25) is 9.59 Å². The summed E-state index contributed by atoms with van der Waals surface area (Å²) in [6, 6.07) is 27.5. The van der Waals surface area contributed by atoms with Crippen LogP contribution in [0.4, 0.5) is 5.69 Å². The van der Waals surface area contributed by atoms with Crippen LogP contribution in [0.5, 0.6) is 17.2 Å². The molecule has 0 bridgehead atoms. The Morgan fingerprint density at radius 1 is 0.846 bits per heavy atom. The zero-order valence-corrected chi connectivity index (χ0v) is 22.9. The number of carbonyl (C=O) groups is 2. The van der Waals surface area contributed by atoms with E-state index in [0.29, 0.717) is 51.4 Å². The summed E-state index contributed by atoms with van der Waals surface area (Å²) in [5.74, 6) is 1.80. The van der Waals surface area contributed by atoms with Gasteiger partial charge in [-0.25, -0.2) is 0 Å². The summed E-state index contributed by atoms with van der Waals surface area (Å²) in [7, 11) is 0. The Kier molecular flexibility index (Phi) is 9.89. The molecule has 0 saturated heterocycles. The van der Waals surface area contributed by atoms with Gasteiger partial charge in [0.05, 0.1) is 13.0 Å². The van der Waals surface area contributed by atoms with Crippen LogP contribution in [-0.4, -0.2) is 23.6 Å². The summed E-state index contributed by atoms with van der Waals surface area (Å²) in [5, 5.41) is 12.7. The highest BCUT2D eigenvalue weighted by Crippen LogP contribution is 2.37. The average Bonchev–Trinajstić information content (AvgIpc) is 2.92. The number of rotatable bonds is 12. The molecular weight excluding hydrogens is 534 g/mol. The first-order valence-electron chi connectivity index (χ1n) is 12.4. The van der Waals surface area contributed by atoms with Crippen LogP contribution in [-0.2, 0) is 22.7 Å². The van der Waals surface area contributed by atoms with E-state index in [1.54, 1.807) is 66.4 Å². The molecule has 0 saturated carbocycles. The monoisotopic (exact) mass is 561 g/mol. The maximum absolute atomic E-state index is 12.8. The number of carboxylic acid groups (broad SMARTS) is 1. The van der Waals surface area contributed by atoms with E-state index in [0.717, 1.165) is 11.3 Å². The number of ether oxygens (including phenoxy) is 2. The quantitative estimate of drug-likeness (QED) is 0.183. The Balaban J connectivity index is 1.60. The fraction of sp³-hybridized carbons (Fsp3) is 0.161. The topological polar surface area (TPSA) is 84.9 Å². The lowest BCUT2D eigenvalue weighted by Crippen LogP contribution is -2.12. The zero-order valence-electron chi connectivity index (χ0n) is 21.4. The van der Waals surface area contributed by atoms with E-state index in [4.69, 9.17) is 21.1 Å². The lowest BCUT2D eigenvalue weighted by molar-refractivity contribution is -0.136. The van der Waals surface area contributed by atoms with Crippen LogP contribution in [0.3, 0.4) is 0 Å². The second kappa shape index (κ2) is 13.7. The number of anilines is 1. The molecule has 0 heterocycles. The van der Waals surface area contributed by atoms with Crippen LogP contribution in [0.2, 0.25) is 5.02 Å². The van der Waals surface area contributed by atoms with Crippen molar-refractivity contribution in [3.8, 4) is 17.2 Å². The Bertz CT molecular complexity index is 1430. The predicted molar refractivity (Wildman–Crippen MR) is 156 cm³/mol. The molecule has 0 aromatic heterocycles. The Morgan fingerprint density at radius 2 is 1.59 bits per heavy atom. The molecule has 0 unspecified atom stereocenters. The number of aliphatic carboxylic acids is 1. The van der Waals surface area contributed by atoms with Crippen molar-refractivity contribution in [3.63, 3.8) is 0 Å². The maximum atomic E-state index is 12.8. The number of halogens is 1. The Labute approximate surface area is 236 Å². The molecule has 0 aliphatic carbocycles. The highest BCUT2D eigenvalue weighted by atomic mass is 35.5. The van der Waals surface area contributed by atoms with Crippen molar-refractivity contribution < 1.29 is 24.2 Å². The second-order valence-electron chi connectivity index (χ2n) is 8.65. The molecular formula is C31H28ClNO5S. The molecule has 4 rings (SSSR count). The number of thioether (sulfide) groups is 1. The normalized spacial score (nSPS) is 10.6. The third-order valence-corrected chi connectivity index (χ3v) is 6.98. The van der Waals surface area contributed by atoms with Crippen molar-refractivity contribution >= 4 is 40.9 Å². The van der Waals surface area contributed by atoms with E-state index in [9.17, 15) is 14.7 Å². The predicted octanol–water partition coefficient (Wildman–Crippen LogP) is 7.84. The van der Waals surface area contributed by atoms with Crippen LogP contribution < -0.4 is 14.8 Å². The number of benzene rings is 4. The van der Waals surface area contributed by atoms with Gasteiger partial charge in [-0.1, -0.05) is 48.0 Å². The van der Waals surface area contributed by atoms with Crippen LogP contribution in [0.25, 0.3) is 0 Å². The molecule has 8 heteroatoms. The lowest BCUT2D eigenvalue weighted by atomic mass is 10.1. The number of hydrogen-bond donors (Lipinski definition) is 2. The number of amides is 1. The van der Waals surface area contributed by atoms with Gasteiger partial charge in [-0.05, 0) is 72.6 Å². The minimum Gasteiger partial charge on any atom is -0.490 e. The highest BCUT2D eigenvalue weighted by Gasteiger charge is 2.15. The third kappa shape index (κ3) is 8.27. The van der Waals surface area contributed by atoms with E-state index in [1.165, 1.54) is 5.56 Å². The second-order valence-corrected chi connectivity index (χ2v) is 10.1. The van der Waals surface area contributed by atoms with E-state index in [-0.39, 0.29) is 12.3 Å². The lowest BCUT2D eigenvalue weighted by Gasteiger charge is -2.17. The molecule has 2 N–H and O–H groups in total. The van der Waals surface area contributed by atoms with Gasteiger partial charge in [0.1, 0.15) is 5.75 Å². The summed E-state index contributed by atoms with van der Waals surface area (Å²) < 4.78 is 12.1. The molecule has 0 fully saturated rings. The summed E-state index contributed by atoms with van der Waals surface area (Å²) in [4.78, 5) is 24.1. The van der Waals surface area contributed by atoms with Gasteiger partial charge in [-0.2, -0.15) is 11.8 Å². The largest absolute Gasteiger partial charge is 0.490 e. The molecule has 4 aromatic carbocycles. The van der Waals surface area contributed by atoms with Crippen LogP contribution in [0, 0.1) is 0 Å². The molecule has 0 atom stereocenters. The highest BCUT2D eigenvalue weighted by molar-refractivity contribution is 7.97. The van der Waals surface area contributed by atoms with Gasteiger partial charge in [-0.15, -0.1) is 0 Å². The van der Waals surface area contributed by atoms with E-state index >= 15 is 0 Å². The fourth-order valence-corrected chi connectivity index (χ4v) is 4.94. The molecule has 0 aliphatic rings. The number of carboxylic acids is 1. The molecule has 0 radical (unpaired) electrons. The van der Waals surface area contributed by atoms with Crippen LogP contribution >= 0.6 is 23.4 Å². The third-order valence-electron chi connectivity index (χ3n) is 5.68. The number of hydrogen-bond acceptors (Lipinski definition) is 5. The van der Waals surface area contributed by atoms with Gasteiger partial charge in [0.2, 0.25) is 0 Å². The minimum atomic E-state index is -0.927. The summed E-state index contributed by atoms with van der Waals surface area (Å²) in [6.07, 6.45) is -0.127. The van der Waals surface area contributed by atoms with E-state index in [1.807, 2.05) is 31.2 Å². The van der Waals surface area contributed by atoms with Gasteiger partial charge in [0.25, 0.3) is 5.91 Å². The SMILES string of the molecule is CCOc1ccc(CC(=O)O)cc1Oc1ccc(NC(=O)c2ccc(Cl)cc2)cc1CSCc1ccccc1. The summed E-state index contributed by atoms with van der Waals surface area (Å²) >= 11 is 7.67. The average molecular weight is 562 g/mol. The van der Waals surface area contributed by atoms with Crippen molar-refractivity contribution in [2.24, 2.45) is 0 Å². The van der Waals surface area contributed by atoms with Crippen molar-refractivity contribution in [2.75, 3.05) is 11.9 Å². The van der Waals surface area contributed by atoms with Crippen LogP contribution in [0.15, 0.2) is 91.0 Å². The molecule has 4 aromatic rings. The molecule has 0 spiro atoms. The molecule has 0 aliphatic heterocycles. The molecule has 39 heavy (non-hydrogen) atoms. The molecule has 1 amide bonds. The van der Waals surface area contributed by atoms with Gasteiger partial charge in [0, 0.05) is 33.3 Å². The smallest absolute Gasteiger partial charge is 0.307 e. The number of carbonyl (C=O) groups excluding carboxylic acids is 1. The molecule has 6 nitrogen and oxygen atoms in total. The van der Waals surface area contributed by atoms with Crippen molar-refractivity contribution in [1.82, 2.24) is 0 Å². The number of nitrogens with one attached hydrogen (secondary N) is 1. The van der Waals surface area contributed by atoms with Gasteiger partial charge >= 0.3 is 5.97 Å². The van der Waals surface area contributed by atoms with Crippen molar-refractivity contribution in [1.29, 1.82) is 0 Å². The van der Waals surface area contributed by atoms with Gasteiger partial charge < -0.3 is 19.9 Å². The maximum Gasteiger partial charge on any atom is 0.307 e. The van der Waals surface area contributed by atoms with Crippen molar-refractivity contribution in [3.05, 3.63) is 118 Å². The first-order chi connectivity index (χ1) is 18.9. The van der Waals surface area contributed by atoms with Gasteiger partial charge in [0.15, 0.2) is 11.5 Å². The first-order valence-corrected chi connectivity index (χ1v) is 13.9. The van der Waals surface area contributed by atoms with E-state index < -0.39 is 5.97 Å². The Hall–Kier alpha value is -3.94. The van der Waals surface area contributed by atoms with Crippen LogP contribution in [0.1, 0.15) is 34.0 Å². The minimum absolute atomic E-state index is 0.127. The molecule has 200 valence electrons.